The van der Waals surface area contributed by atoms with E-state index in [1.165, 1.54) is 5.56 Å². The van der Waals surface area contributed by atoms with Crippen LogP contribution in [0.5, 0.6) is 5.75 Å². The molecule has 1 N–H and O–H groups in total. The summed E-state index contributed by atoms with van der Waals surface area (Å²) in [6, 6.07) is 20.2. The molecule has 1 aromatic heterocycles. The van der Waals surface area contributed by atoms with Crippen molar-refractivity contribution < 1.29 is 14.3 Å². The summed E-state index contributed by atoms with van der Waals surface area (Å²) in [6.45, 7) is 5.04. The van der Waals surface area contributed by atoms with Gasteiger partial charge in [0.25, 0.3) is 0 Å². The predicted octanol–water partition coefficient (Wildman–Crippen LogP) is 3.24. The van der Waals surface area contributed by atoms with E-state index in [-0.39, 0.29) is 18.4 Å². The van der Waals surface area contributed by atoms with Gasteiger partial charge in [0, 0.05) is 50.1 Å². The van der Waals surface area contributed by atoms with E-state index in [2.05, 4.69) is 33.4 Å². The third-order valence-corrected chi connectivity index (χ3v) is 6.20. The molecule has 6 heteroatoms. The number of aromatic nitrogens is 1. The van der Waals surface area contributed by atoms with Gasteiger partial charge >= 0.3 is 0 Å². The van der Waals surface area contributed by atoms with Crippen molar-refractivity contribution in [1.29, 1.82) is 0 Å². The van der Waals surface area contributed by atoms with Crippen LogP contribution < -0.4 is 10.1 Å². The maximum Gasteiger partial charge on any atom is 0.226 e. The molecule has 2 aliphatic heterocycles. The van der Waals surface area contributed by atoms with E-state index in [1.807, 2.05) is 48.7 Å². The minimum absolute atomic E-state index is 0.0277. The quantitative estimate of drug-likeness (QED) is 0.607. The second-order valence-corrected chi connectivity index (χ2v) is 8.66. The number of morpholine rings is 1. The normalized spacial score (nSPS) is 17.9. The lowest BCUT2D eigenvalue weighted by atomic mass is 10.0. The Morgan fingerprint density at radius 1 is 1.03 bits per heavy atom. The lowest BCUT2D eigenvalue weighted by Crippen LogP contribution is -2.42. The Morgan fingerprint density at radius 2 is 1.85 bits per heavy atom. The standard InChI is InChI=1S/C27H29N3O3/c31-27(29-17-20-4-2-1-3-5-20)16-24-8-6-22(18-28-24)21-7-9-26-23(14-21)15-25(33-26)19-30-10-12-32-13-11-30/h1-9,14,18,25H,10-13,15-17,19H2,(H,29,31)/t25-/m1/s1. The molecule has 170 valence electrons. The molecule has 0 spiro atoms. The fourth-order valence-electron chi connectivity index (χ4n) is 4.40. The van der Waals surface area contributed by atoms with Crippen LogP contribution in [0.4, 0.5) is 0 Å². The number of hydrogen-bond donors (Lipinski definition) is 1. The predicted molar refractivity (Wildman–Crippen MR) is 127 cm³/mol. The molecule has 3 heterocycles. The number of carbonyl (C=O) groups is 1. The van der Waals surface area contributed by atoms with Gasteiger partial charge in [-0.25, -0.2) is 0 Å². The van der Waals surface area contributed by atoms with E-state index in [0.29, 0.717) is 6.54 Å². The highest BCUT2D eigenvalue weighted by molar-refractivity contribution is 5.78. The molecule has 2 aromatic carbocycles. The molecular weight excluding hydrogens is 414 g/mol. The second-order valence-electron chi connectivity index (χ2n) is 8.66. The van der Waals surface area contributed by atoms with Crippen LogP contribution in [0.25, 0.3) is 11.1 Å². The highest BCUT2D eigenvalue weighted by Gasteiger charge is 2.26. The number of rotatable bonds is 7. The van der Waals surface area contributed by atoms with Gasteiger partial charge in [-0.2, -0.15) is 0 Å². The number of pyridine rings is 1. The van der Waals surface area contributed by atoms with Crippen molar-refractivity contribution in [3.05, 3.63) is 83.7 Å². The summed E-state index contributed by atoms with van der Waals surface area (Å²) >= 11 is 0. The molecule has 6 nitrogen and oxygen atoms in total. The van der Waals surface area contributed by atoms with Crippen molar-refractivity contribution in [2.24, 2.45) is 0 Å². The molecule has 2 aliphatic rings. The largest absolute Gasteiger partial charge is 0.488 e. The van der Waals surface area contributed by atoms with Crippen molar-refractivity contribution in [1.82, 2.24) is 15.2 Å². The number of fused-ring (bicyclic) bond motifs is 1. The van der Waals surface area contributed by atoms with E-state index in [9.17, 15) is 4.79 Å². The number of nitrogens with zero attached hydrogens (tertiary/aromatic N) is 2. The first kappa shape index (κ1) is 21.6. The highest BCUT2D eigenvalue weighted by atomic mass is 16.5. The zero-order valence-corrected chi connectivity index (χ0v) is 18.7. The van der Waals surface area contributed by atoms with Gasteiger partial charge in [0.2, 0.25) is 5.91 Å². The summed E-state index contributed by atoms with van der Waals surface area (Å²) in [7, 11) is 0. The minimum Gasteiger partial charge on any atom is -0.488 e. The van der Waals surface area contributed by atoms with Crippen molar-refractivity contribution in [2.45, 2.75) is 25.5 Å². The SMILES string of the molecule is O=C(Cc1ccc(-c2ccc3c(c2)C[C@H](CN2CCOCC2)O3)cn1)NCc1ccccc1. The number of benzene rings is 2. The molecule has 0 saturated carbocycles. The first-order valence-electron chi connectivity index (χ1n) is 11.6. The fourth-order valence-corrected chi connectivity index (χ4v) is 4.40. The van der Waals surface area contributed by atoms with E-state index >= 15 is 0 Å². The molecule has 0 unspecified atom stereocenters. The van der Waals surface area contributed by atoms with Gasteiger partial charge in [0.05, 0.1) is 19.6 Å². The molecule has 0 radical (unpaired) electrons. The van der Waals surface area contributed by atoms with E-state index in [0.717, 1.165) is 67.4 Å². The summed E-state index contributed by atoms with van der Waals surface area (Å²) in [5.74, 6) is 0.955. The second kappa shape index (κ2) is 10.1. The summed E-state index contributed by atoms with van der Waals surface area (Å²) in [5, 5.41) is 2.95. The smallest absolute Gasteiger partial charge is 0.226 e. The third-order valence-electron chi connectivity index (χ3n) is 6.20. The Bertz CT molecular complexity index is 1080. The number of carbonyl (C=O) groups excluding carboxylic acids is 1. The van der Waals surface area contributed by atoms with Gasteiger partial charge in [0.1, 0.15) is 11.9 Å². The lowest BCUT2D eigenvalue weighted by molar-refractivity contribution is -0.120. The van der Waals surface area contributed by atoms with Crippen LogP contribution in [0.1, 0.15) is 16.8 Å². The molecule has 0 aliphatic carbocycles. The molecule has 0 bridgehead atoms. The molecule has 1 fully saturated rings. The van der Waals surface area contributed by atoms with Gasteiger partial charge in [-0.05, 0) is 34.9 Å². The summed E-state index contributed by atoms with van der Waals surface area (Å²) in [5.41, 5.74) is 5.26. The molecule has 1 amide bonds. The Labute approximate surface area is 194 Å². The van der Waals surface area contributed by atoms with Crippen molar-refractivity contribution in [3.63, 3.8) is 0 Å². The van der Waals surface area contributed by atoms with Crippen LogP contribution in [-0.2, 0) is 28.9 Å². The van der Waals surface area contributed by atoms with Crippen LogP contribution in [0.2, 0.25) is 0 Å². The monoisotopic (exact) mass is 443 g/mol. The minimum atomic E-state index is -0.0277. The first-order chi connectivity index (χ1) is 16.2. The number of ether oxygens (including phenoxy) is 2. The van der Waals surface area contributed by atoms with Gasteiger partial charge in [0.15, 0.2) is 0 Å². The number of nitrogens with one attached hydrogen (secondary N) is 1. The topological polar surface area (TPSA) is 63.7 Å². The summed E-state index contributed by atoms with van der Waals surface area (Å²) in [6.07, 6.45) is 3.24. The number of hydrogen-bond acceptors (Lipinski definition) is 5. The van der Waals surface area contributed by atoms with Gasteiger partial charge in [-0.1, -0.05) is 42.5 Å². The van der Waals surface area contributed by atoms with Crippen molar-refractivity contribution in [2.75, 3.05) is 32.8 Å². The molecule has 1 atom stereocenters. The zero-order valence-electron chi connectivity index (χ0n) is 18.7. The summed E-state index contributed by atoms with van der Waals surface area (Å²) in [4.78, 5) is 19.2. The molecule has 3 aromatic rings. The lowest BCUT2D eigenvalue weighted by Gasteiger charge is -2.28. The van der Waals surface area contributed by atoms with E-state index < -0.39 is 0 Å². The van der Waals surface area contributed by atoms with Crippen LogP contribution in [0.3, 0.4) is 0 Å². The van der Waals surface area contributed by atoms with Crippen molar-refractivity contribution in [3.8, 4) is 16.9 Å². The summed E-state index contributed by atoms with van der Waals surface area (Å²) < 4.78 is 11.6. The maximum absolute atomic E-state index is 12.3. The Balaban J connectivity index is 1.16. The van der Waals surface area contributed by atoms with Gasteiger partial charge in [-0.15, -0.1) is 0 Å². The Kier molecular flexibility index (Phi) is 6.65. The molecule has 5 rings (SSSR count). The third kappa shape index (κ3) is 5.59. The Hall–Kier alpha value is -3.22. The first-order valence-corrected chi connectivity index (χ1v) is 11.6. The Morgan fingerprint density at radius 3 is 2.64 bits per heavy atom. The molecule has 33 heavy (non-hydrogen) atoms. The van der Waals surface area contributed by atoms with Crippen LogP contribution in [-0.4, -0.2) is 54.7 Å². The van der Waals surface area contributed by atoms with Gasteiger partial charge < -0.3 is 14.8 Å². The zero-order chi connectivity index (χ0) is 22.5. The number of amides is 1. The molecular formula is C27H29N3O3. The fraction of sp³-hybridized carbons (Fsp3) is 0.333. The average molecular weight is 444 g/mol. The van der Waals surface area contributed by atoms with Crippen molar-refractivity contribution >= 4 is 5.91 Å². The highest BCUT2D eigenvalue weighted by Crippen LogP contribution is 2.33. The van der Waals surface area contributed by atoms with E-state index in [4.69, 9.17) is 9.47 Å². The van der Waals surface area contributed by atoms with Gasteiger partial charge in [-0.3, -0.25) is 14.7 Å². The van der Waals surface area contributed by atoms with Crippen LogP contribution >= 0.6 is 0 Å². The molecule has 1 saturated heterocycles. The van der Waals surface area contributed by atoms with E-state index in [1.54, 1.807) is 0 Å². The van der Waals surface area contributed by atoms with Crippen LogP contribution in [0.15, 0.2) is 66.9 Å². The van der Waals surface area contributed by atoms with Crippen LogP contribution in [0, 0.1) is 0 Å². The maximum atomic E-state index is 12.3. The average Bonchev–Trinajstić information content (AvgIpc) is 3.26.